The largest absolute Gasteiger partial charge is 0.418 e. The van der Waals surface area contributed by atoms with Crippen molar-refractivity contribution < 1.29 is 26.7 Å². The third-order valence-electron chi connectivity index (χ3n) is 4.43. The van der Waals surface area contributed by atoms with Gasteiger partial charge in [0.25, 0.3) is 0 Å². The molecule has 0 saturated carbocycles. The predicted molar refractivity (Wildman–Crippen MR) is 114 cm³/mol. The molecule has 0 aliphatic carbocycles. The standard InChI is InChI=1S/C17H18F3N7O3S.H2S/c1-10-3-4-11(31(29,30)25-7-16(2,28)17(18,19)20)5-12(10)13-6-23-14(21)15(26-13)27-9-22-8-24-27;/h3-6,8-9,25,28H,7H2,1-2H3,(H2,21,23);1H2/t16-;/m0./s1. The zero-order chi connectivity index (χ0) is 23.0. The van der Waals surface area contributed by atoms with E-state index in [4.69, 9.17) is 5.73 Å². The molecule has 0 aliphatic heterocycles. The molecule has 1 aromatic carbocycles. The topological polar surface area (TPSA) is 149 Å². The van der Waals surface area contributed by atoms with E-state index in [0.29, 0.717) is 18.1 Å². The zero-order valence-corrected chi connectivity index (χ0v) is 18.6. The average molecular weight is 492 g/mol. The third-order valence-corrected chi connectivity index (χ3v) is 5.83. The van der Waals surface area contributed by atoms with Crippen LogP contribution in [0.4, 0.5) is 19.0 Å². The van der Waals surface area contributed by atoms with E-state index >= 15 is 0 Å². The highest BCUT2D eigenvalue weighted by Crippen LogP contribution is 2.30. The minimum atomic E-state index is -5.01. The van der Waals surface area contributed by atoms with Gasteiger partial charge >= 0.3 is 6.18 Å². The lowest BCUT2D eigenvalue weighted by atomic mass is 10.1. The first-order chi connectivity index (χ1) is 14.3. The number of nitrogen functional groups attached to an aromatic ring is 1. The van der Waals surface area contributed by atoms with Crippen molar-refractivity contribution >= 4 is 29.3 Å². The summed E-state index contributed by atoms with van der Waals surface area (Å²) in [5.41, 5.74) is 3.84. The van der Waals surface area contributed by atoms with E-state index in [0.717, 1.165) is 0 Å². The number of aliphatic hydroxyl groups is 1. The van der Waals surface area contributed by atoms with Gasteiger partial charge in [-0.15, -0.1) is 0 Å². The highest BCUT2D eigenvalue weighted by Gasteiger charge is 2.50. The van der Waals surface area contributed by atoms with Gasteiger partial charge in [0.1, 0.15) is 12.7 Å². The van der Waals surface area contributed by atoms with Crippen LogP contribution in [-0.2, 0) is 10.0 Å². The molecule has 0 radical (unpaired) electrons. The number of hydrogen-bond acceptors (Lipinski definition) is 8. The van der Waals surface area contributed by atoms with E-state index in [1.54, 1.807) is 11.6 Å². The van der Waals surface area contributed by atoms with Crippen molar-refractivity contribution in [2.24, 2.45) is 0 Å². The van der Waals surface area contributed by atoms with Crippen molar-refractivity contribution in [3.05, 3.63) is 42.6 Å². The van der Waals surface area contributed by atoms with Crippen molar-refractivity contribution in [1.29, 1.82) is 0 Å². The second kappa shape index (κ2) is 9.01. The van der Waals surface area contributed by atoms with E-state index in [1.165, 1.54) is 41.7 Å². The Morgan fingerprint density at radius 3 is 2.56 bits per heavy atom. The quantitative estimate of drug-likeness (QED) is 0.467. The summed E-state index contributed by atoms with van der Waals surface area (Å²) in [5.74, 6) is 0.230. The van der Waals surface area contributed by atoms with E-state index in [-0.39, 0.29) is 35.7 Å². The van der Waals surface area contributed by atoms with E-state index in [1.807, 2.05) is 0 Å². The molecule has 3 rings (SSSR count). The van der Waals surface area contributed by atoms with Gasteiger partial charge in [0, 0.05) is 12.1 Å². The minimum Gasteiger partial charge on any atom is -0.381 e. The summed E-state index contributed by atoms with van der Waals surface area (Å²) in [5, 5.41) is 13.4. The number of sulfonamides is 1. The molecule has 174 valence electrons. The second-order valence-electron chi connectivity index (χ2n) is 6.88. The molecular weight excluding hydrogens is 471 g/mol. The molecule has 10 nitrogen and oxygen atoms in total. The number of aromatic nitrogens is 5. The van der Waals surface area contributed by atoms with Crippen LogP contribution < -0.4 is 10.5 Å². The zero-order valence-electron chi connectivity index (χ0n) is 16.8. The maximum absolute atomic E-state index is 12.8. The van der Waals surface area contributed by atoms with Gasteiger partial charge in [0.05, 0.1) is 16.8 Å². The lowest BCUT2D eigenvalue weighted by Crippen LogP contribution is -2.51. The van der Waals surface area contributed by atoms with E-state index < -0.39 is 28.3 Å². The number of anilines is 1. The SMILES string of the molecule is Cc1ccc(S(=O)(=O)NC[C@](C)(O)C(F)(F)F)cc1-c1cnc(N)c(-n2cncn2)n1.S. The first-order valence-corrected chi connectivity index (χ1v) is 10.2. The first-order valence-electron chi connectivity index (χ1n) is 8.69. The molecule has 4 N–H and O–H groups in total. The number of rotatable bonds is 6. The highest BCUT2D eigenvalue weighted by molar-refractivity contribution is 7.89. The van der Waals surface area contributed by atoms with Crippen molar-refractivity contribution in [3.8, 4) is 17.1 Å². The summed E-state index contributed by atoms with van der Waals surface area (Å²) < 4.78 is 66.6. The van der Waals surface area contributed by atoms with Gasteiger partial charge in [0.15, 0.2) is 17.2 Å². The Balaban J connectivity index is 0.00000363. The fourth-order valence-electron chi connectivity index (χ4n) is 2.47. The molecule has 1 atom stereocenters. The Hall–Kier alpha value is -2.75. The van der Waals surface area contributed by atoms with Crippen molar-refractivity contribution in [2.45, 2.75) is 30.5 Å². The van der Waals surface area contributed by atoms with Gasteiger partial charge in [-0.25, -0.2) is 28.1 Å². The Bertz CT molecular complexity index is 1200. The normalized spacial score (nSPS) is 13.9. The number of alkyl halides is 3. The van der Waals surface area contributed by atoms with E-state index in [9.17, 15) is 26.7 Å². The fraction of sp³-hybridized carbons (Fsp3) is 0.294. The molecule has 0 spiro atoms. The maximum atomic E-state index is 12.8. The van der Waals surface area contributed by atoms with Gasteiger partial charge in [-0.2, -0.15) is 36.4 Å². The van der Waals surface area contributed by atoms with Crippen LogP contribution in [0.15, 0.2) is 41.9 Å². The van der Waals surface area contributed by atoms with Crippen LogP contribution in [0.25, 0.3) is 17.1 Å². The number of halogens is 3. The van der Waals surface area contributed by atoms with Gasteiger partial charge < -0.3 is 10.8 Å². The Morgan fingerprint density at radius 2 is 1.97 bits per heavy atom. The molecule has 0 aliphatic rings. The van der Waals surface area contributed by atoms with Gasteiger partial charge in [0.2, 0.25) is 10.0 Å². The van der Waals surface area contributed by atoms with Crippen molar-refractivity contribution in [3.63, 3.8) is 0 Å². The molecule has 0 fully saturated rings. The molecule has 0 unspecified atom stereocenters. The molecule has 2 heterocycles. The third kappa shape index (κ3) is 5.17. The molecule has 0 amide bonds. The summed E-state index contributed by atoms with van der Waals surface area (Å²) in [6, 6.07) is 3.94. The van der Waals surface area contributed by atoms with Gasteiger partial charge in [-0.05, 0) is 31.5 Å². The van der Waals surface area contributed by atoms with Crippen LogP contribution in [0.3, 0.4) is 0 Å². The van der Waals surface area contributed by atoms with Gasteiger partial charge in [-0.1, -0.05) is 6.07 Å². The Morgan fingerprint density at radius 1 is 1.28 bits per heavy atom. The van der Waals surface area contributed by atoms with Crippen LogP contribution in [0.1, 0.15) is 12.5 Å². The second-order valence-corrected chi connectivity index (χ2v) is 8.64. The summed E-state index contributed by atoms with van der Waals surface area (Å²) in [4.78, 5) is 11.9. The van der Waals surface area contributed by atoms with E-state index in [2.05, 4.69) is 20.1 Å². The lowest BCUT2D eigenvalue weighted by molar-refractivity contribution is -0.249. The summed E-state index contributed by atoms with van der Waals surface area (Å²) in [6.07, 6.45) is -1.05. The smallest absolute Gasteiger partial charge is 0.381 e. The maximum Gasteiger partial charge on any atom is 0.418 e. The Labute approximate surface area is 188 Å². The van der Waals surface area contributed by atoms with Crippen LogP contribution in [0.2, 0.25) is 0 Å². The number of nitrogens with one attached hydrogen (secondary N) is 1. The monoisotopic (exact) mass is 491 g/mol. The summed E-state index contributed by atoms with van der Waals surface area (Å²) in [7, 11) is -4.37. The first kappa shape index (κ1) is 25.5. The minimum absolute atomic E-state index is 0. The number of nitrogens with zero attached hydrogens (tertiary/aromatic N) is 5. The molecular formula is C17H20F3N7O3S2. The molecule has 2 aromatic heterocycles. The lowest BCUT2D eigenvalue weighted by Gasteiger charge is -2.26. The number of hydrogen-bond donors (Lipinski definition) is 3. The summed E-state index contributed by atoms with van der Waals surface area (Å²) >= 11 is 0. The molecule has 32 heavy (non-hydrogen) atoms. The van der Waals surface area contributed by atoms with Crippen molar-refractivity contribution in [2.75, 3.05) is 12.3 Å². The van der Waals surface area contributed by atoms with Crippen LogP contribution in [0.5, 0.6) is 0 Å². The molecule has 3 aromatic rings. The summed E-state index contributed by atoms with van der Waals surface area (Å²) in [6.45, 7) is 0.923. The number of nitrogens with two attached hydrogens (primary N) is 1. The molecule has 0 bridgehead atoms. The van der Waals surface area contributed by atoms with Crippen molar-refractivity contribution in [1.82, 2.24) is 29.5 Å². The van der Waals surface area contributed by atoms with Crippen LogP contribution >= 0.6 is 13.5 Å². The number of aryl methyl sites for hydroxylation is 1. The molecule has 15 heteroatoms. The highest BCUT2D eigenvalue weighted by atomic mass is 32.2. The number of benzene rings is 1. The molecule has 0 saturated heterocycles. The van der Waals surface area contributed by atoms with Crippen LogP contribution in [0, 0.1) is 6.92 Å². The van der Waals surface area contributed by atoms with Gasteiger partial charge in [-0.3, -0.25) is 0 Å². The Kier molecular flexibility index (Phi) is 7.18. The fourth-order valence-corrected chi connectivity index (χ4v) is 3.63. The van der Waals surface area contributed by atoms with Crippen LogP contribution in [-0.4, -0.2) is 56.6 Å². The average Bonchev–Trinajstić information content (AvgIpc) is 3.21. The predicted octanol–water partition coefficient (Wildman–Crippen LogP) is 1.32.